The molecule has 0 bridgehead atoms. The van der Waals surface area contributed by atoms with E-state index in [0.29, 0.717) is 0 Å². The summed E-state index contributed by atoms with van der Waals surface area (Å²) in [6.45, 7) is 4.33. The number of aliphatic carboxylic acids is 1. The van der Waals surface area contributed by atoms with Gasteiger partial charge in [0.1, 0.15) is 0 Å². The summed E-state index contributed by atoms with van der Waals surface area (Å²) in [6.07, 6.45) is 2.37. The van der Waals surface area contributed by atoms with E-state index in [9.17, 15) is 9.90 Å². The van der Waals surface area contributed by atoms with E-state index in [1.54, 1.807) is 0 Å². The molecule has 0 aromatic heterocycles. The van der Waals surface area contributed by atoms with Gasteiger partial charge in [-0.25, -0.2) is 4.79 Å². The van der Waals surface area contributed by atoms with Crippen LogP contribution < -0.4 is 5.32 Å². The Morgan fingerprint density at radius 1 is 1.67 bits per heavy atom. The van der Waals surface area contributed by atoms with Gasteiger partial charge in [0.2, 0.25) is 0 Å². The van der Waals surface area contributed by atoms with Crippen LogP contribution in [0.15, 0.2) is 0 Å². The molecule has 4 nitrogen and oxygen atoms in total. The second-order valence-corrected chi connectivity index (χ2v) is 6.27. The van der Waals surface area contributed by atoms with Crippen molar-refractivity contribution in [3.63, 3.8) is 0 Å². The molecule has 0 amide bonds. The zero-order valence-electron chi connectivity index (χ0n) is 9.25. The molecule has 1 aliphatic heterocycles. The first kappa shape index (κ1) is 12.8. The molecule has 88 valence electrons. The molecule has 0 aliphatic carbocycles. The molecule has 0 aromatic carbocycles. The predicted molar refractivity (Wildman–Crippen MR) is 61.2 cm³/mol. The quantitative estimate of drug-likeness (QED) is 0.652. The molecular weight excluding hydrogens is 214 g/mol. The fraction of sp³-hybridized carbons (Fsp3) is 0.900. The number of carboxylic acid groups (broad SMARTS) is 1. The molecule has 0 saturated carbocycles. The molecule has 0 spiro atoms. The minimum Gasteiger partial charge on any atom is -0.479 e. The first-order valence-electron chi connectivity index (χ1n) is 5.16. The summed E-state index contributed by atoms with van der Waals surface area (Å²) in [4.78, 5) is 10.6. The average Bonchev–Trinajstić information content (AvgIpc) is 2.51. The summed E-state index contributed by atoms with van der Waals surface area (Å²) >= 11 is 1.91. The molecule has 5 heteroatoms. The molecule has 1 aliphatic rings. The third kappa shape index (κ3) is 3.66. The zero-order valence-corrected chi connectivity index (χ0v) is 10.1. The van der Waals surface area contributed by atoms with Gasteiger partial charge in [0.25, 0.3) is 0 Å². The third-order valence-electron chi connectivity index (χ3n) is 2.73. The maximum absolute atomic E-state index is 10.6. The molecule has 2 atom stereocenters. The van der Waals surface area contributed by atoms with Crippen LogP contribution in [0.2, 0.25) is 0 Å². The van der Waals surface area contributed by atoms with Gasteiger partial charge in [0.15, 0.2) is 5.60 Å². The van der Waals surface area contributed by atoms with Crippen molar-refractivity contribution < 1.29 is 15.0 Å². The second-order valence-electron chi connectivity index (χ2n) is 4.58. The molecule has 1 rings (SSSR count). The lowest BCUT2D eigenvalue weighted by atomic mass is 10.0. The Labute approximate surface area is 94.4 Å². The Balaban J connectivity index is 2.29. The average molecular weight is 233 g/mol. The van der Waals surface area contributed by atoms with Gasteiger partial charge in [-0.3, -0.25) is 0 Å². The van der Waals surface area contributed by atoms with E-state index >= 15 is 0 Å². The number of aliphatic hydroxyl groups is 1. The number of nitrogens with one attached hydrogen (secondary N) is 1. The highest BCUT2D eigenvalue weighted by Crippen LogP contribution is 2.36. The normalized spacial score (nSPS) is 30.1. The lowest BCUT2D eigenvalue weighted by molar-refractivity contribution is -0.156. The Kier molecular flexibility index (Phi) is 4.03. The largest absolute Gasteiger partial charge is 0.479 e. The van der Waals surface area contributed by atoms with Crippen molar-refractivity contribution in [1.82, 2.24) is 5.32 Å². The van der Waals surface area contributed by atoms with Crippen LogP contribution in [0.5, 0.6) is 0 Å². The van der Waals surface area contributed by atoms with Gasteiger partial charge in [-0.2, -0.15) is 11.8 Å². The fourth-order valence-electron chi connectivity index (χ4n) is 1.62. The van der Waals surface area contributed by atoms with Crippen molar-refractivity contribution in [2.24, 2.45) is 0 Å². The molecule has 1 heterocycles. The highest BCUT2D eigenvalue weighted by atomic mass is 32.2. The van der Waals surface area contributed by atoms with Crippen molar-refractivity contribution >= 4 is 17.7 Å². The SMILES string of the molecule is CC1(CNCC(C)(O)C(=O)O)CCCS1. The van der Waals surface area contributed by atoms with Crippen LogP contribution in [0.1, 0.15) is 26.7 Å². The van der Waals surface area contributed by atoms with Crippen LogP contribution in [-0.4, -0.2) is 45.4 Å². The van der Waals surface area contributed by atoms with E-state index in [-0.39, 0.29) is 11.3 Å². The summed E-state index contributed by atoms with van der Waals surface area (Å²) in [6, 6.07) is 0. The van der Waals surface area contributed by atoms with Gasteiger partial charge in [0.05, 0.1) is 0 Å². The number of thioether (sulfide) groups is 1. The number of hydrogen-bond donors (Lipinski definition) is 3. The highest BCUT2D eigenvalue weighted by Gasteiger charge is 2.32. The van der Waals surface area contributed by atoms with Crippen LogP contribution in [0, 0.1) is 0 Å². The number of carboxylic acids is 1. The van der Waals surface area contributed by atoms with E-state index in [4.69, 9.17) is 5.11 Å². The Morgan fingerprint density at radius 3 is 2.80 bits per heavy atom. The molecule has 15 heavy (non-hydrogen) atoms. The molecule has 0 radical (unpaired) electrons. The monoisotopic (exact) mass is 233 g/mol. The molecule has 2 unspecified atom stereocenters. The van der Waals surface area contributed by atoms with Crippen molar-refractivity contribution in [3.05, 3.63) is 0 Å². The van der Waals surface area contributed by atoms with Crippen LogP contribution in [-0.2, 0) is 4.79 Å². The molecular formula is C10H19NO3S. The van der Waals surface area contributed by atoms with Crippen LogP contribution in [0.4, 0.5) is 0 Å². The van der Waals surface area contributed by atoms with Crippen LogP contribution in [0.3, 0.4) is 0 Å². The maximum atomic E-state index is 10.6. The standard InChI is InChI=1S/C10H19NO3S/c1-9(4-3-5-15-9)6-11-7-10(2,14)8(12)13/h11,14H,3-7H2,1-2H3,(H,12,13). The summed E-state index contributed by atoms with van der Waals surface area (Å²) in [5, 5.41) is 21.2. The van der Waals surface area contributed by atoms with Gasteiger partial charge in [-0.1, -0.05) is 0 Å². The molecule has 1 saturated heterocycles. The third-order valence-corrected chi connectivity index (χ3v) is 4.27. The van der Waals surface area contributed by atoms with E-state index in [1.165, 1.54) is 19.1 Å². The lowest BCUT2D eigenvalue weighted by Crippen LogP contribution is -2.47. The lowest BCUT2D eigenvalue weighted by Gasteiger charge is -2.25. The predicted octanol–water partition coefficient (Wildman–Crippen LogP) is 0.697. The van der Waals surface area contributed by atoms with E-state index in [0.717, 1.165) is 13.0 Å². The molecule has 3 N–H and O–H groups in total. The topological polar surface area (TPSA) is 69.6 Å². The Morgan fingerprint density at radius 2 is 2.33 bits per heavy atom. The van der Waals surface area contributed by atoms with Crippen LogP contribution >= 0.6 is 11.8 Å². The van der Waals surface area contributed by atoms with Gasteiger partial charge in [-0.05, 0) is 32.4 Å². The fourth-order valence-corrected chi connectivity index (χ4v) is 2.90. The second kappa shape index (κ2) is 4.72. The summed E-state index contributed by atoms with van der Waals surface area (Å²) < 4.78 is 0.203. The van der Waals surface area contributed by atoms with Gasteiger partial charge >= 0.3 is 5.97 Å². The first-order chi connectivity index (χ1) is 6.86. The smallest absolute Gasteiger partial charge is 0.336 e. The first-order valence-corrected chi connectivity index (χ1v) is 6.15. The van der Waals surface area contributed by atoms with Crippen molar-refractivity contribution in [2.75, 3.05) is 18.8 Å². The summed E-state index contributed by atoms with van der Waals surface area (Å²) in [5.41, 5.74) is -1.67. The van der Waals surface area contributed by atoms with Gasteiger partial charge in [-0.15, -0.1) is 0 Å². The summed E-state index contributed by atoms with van der Waals surface area (Å²) in [7, 11) is 0. The van der Waals surface area contributed by atoms with E-state index < -0.39 is 11.6 Å². The molecule has 0 aromatic rings. The Bertz CT molecular complexity index is 237. The number of carbonyl (C=O) groups is 1. The Hall–Kier alpha value is -0.260. The molecule has 1 fully saturated rings. The van der Waals surface area contributed by atoms with E-state index in [2.05, 4.69) is 12.2 Å². The number of hydrogen-bond acceptors (Lipinski definition) is 4. The minimum atomic E-state index is -1.67. The van der Waals surface area contributed by atoms with Crippen molar-refractivity contribution in [1.29, 1.82) is 0 Å². The highest BCUT2D eigenvalue weighted by molar-refractivity contribution is 8.00. The van der Waals surface area contributed by atoms with Crippen molar-refractivity contribution in [3.8, 4) is 0 Å². The van der Waals surface area contributed by atoms with Gasteiger partial charge < -0.3 is 15.5 Å². The summed E-state index contributed by atoms with van der Waals surface area (Å²) in [5.74, 6) is -0.00716. The minimum absolute atomic E-state index is 0.0957. The number of rotatable bonds is 5. The van der Waals surface area contributed by atoms with Crippen molar-refractivity contribution in [2.45, 2.75) is 37.0 Å². The maximum Gasteiger partial charge on any atom is 0.336 e. The van der Waals surface area contributed by atoms with E-state index in [1.807, 2.05) is 11.8 Å². The van der Waals surface area contributed by atoms with Gasteiger partial charge in [0, 0.05) is 17.8 Å². The van der Waals surface area contributed by atoms with Crippen LogP contribution in [0.25, 0.3) is 0 Å². The zero-order chi connectivity index (χ0) is 11.5.